The van der Waals surface area contributed by atoms with E-state index in [1.165, 1.54) is 0 Å². The van der Waals surface area contributed by atoms with Gasteiger partial charge in [-0.3, -0.25) is 4.79 Å². The van der Waals surface area contributed by atoms with Gasteiger partial charge >= 0.3 is 0 Å². The van der Waals surface area contributed by atoms with Crippen LogP contribution in [0.1, 0.15) is 18.4 Å². The summed E-state index contributed by atoms with van der Waals surface area (Å²) in [6.45, 7) is 0.549. The van der Waals surface area contributed by atoms with Crippen molar-refractivity contribution in [3.8, 4) is 5.75 Å². The number of carbonyl (C=O) groups is 1. The first-order valence-corrected chi connectivity index (χ1v) is 7.20. The standard InChI is InChI=1S/C13H12BrFN2O2/c14-7-8(15)11-10(6-3-4-19-12(6)7)16-9(5-1-2-5)13(18)17-11/h5,9,16H,1-4H2,(H,17,18). The molecule has 1 amide bonds. The molecule has 0 aromatic heterocycles. The Morgan fingerprint density at radius 1 is 1.32 bits per heavy atom. The number of benzene rings is 1. The average Bonchev–Trinajstić information content (AvgIpc) is 3.12. The lowest BCUT2D eigenvalue weighted by atomic mass is 10.0. The molecular formula is C13H12BrFN2O2. The Balaban J connectivity index is 1.87. The second kappa shape index (κ2) is 3.85. The third kappa shape index (κ3) is 1.59. The number of ether oxygens (including phenoxy) is 1. The van der Waals surface area contributed by atoms with Crippen molar-refractivity contribution in [3.63, 3.8) is 0 Å². The number of anilines is 2. The van der Waals surface area contributed by atoms with Crippen LogP contribution in [0.3, 0.4) is 0 Å². The summed E-state index contributed by atoms with van der Waals surface area (Å²) >= 11 is 3.21. The fourth-order valence-electron chi connectivity index (χ4n) is 2.82. The lowest BCUT2D eigenvalue weighted by molar-refractivity contribution is -0.117. The molecule has 2 aliphatic heterocycles. The van der Waals surface area contributed by atoms with Crippen LogP contribution in [0.25, 0.3) is 0 Å². The van der Waals surface area contributed by atoms with Crippen molar-refractivity contribution in [3.05, 3.63) is 15.9 Å². The van der Waals surface area contributed by atoms with Gasteiger partial charge in [0, 0.05) is 12.0 Å². The van der Waals surface area contributed by atoms with Crippen LogP contribution < -0.4 is 15.4 Å². The van der Waals surface area contributed by atoms with E-state index in [-0.39, 0.29) is 17.6 Å². The molecule has 4 nitrogen and oxygen atoms in total. The zero-order chi connectivity index (χ0) is 13.1. The number of hydrogen-bond donors (Lipinski definition) is 2. The van der Waals surface area contributed by atoms with Crippen molar-refractivity contribution in [1.82, 2.24) is 0 Å². The maximum Gasteiger partial charge on any atom is 0.247 e. The van der Waals surface area contributed by atoms with Crippen LogP contribution in [0.4, 0.5) is 15.8 Å². The summed E-state index contributed by atoms with van der Waals surface area (Å²) in [5.74, 6) is 0.331. The van der Waals surface area contributed by atoms with Crippen LogP contribution in [-0.2, 0) is 11.2 Å². The van der Waals surface area contributed by atoms with E-state index in [1.807, 2.05) is 0 Å². The Labute approximate surface area is 117 Å². The molecule has 2 N–H and O–H groups in total. The SMILES string of the molecule is O=C1Nc2c(F)c(Br)c3c(c2NC1C1CC1)CCO3. The van der Waals surface area contributed by atoms with Gasteiger partial charge < -0.3 is 15.4 Å². The van der Waals surface area contributed by atoms with Gasteiger partial charge in [-0.25, -0.2) is 4.39 Å². The van der Waals surface area contributed by atoms with Crippen molar-refractivity contribution in [2.75, 3.05) is 17.2 Å². The normalized spacial score (nSPS) is 24.1. The molecule has 1 unspecified atom stereocenters. The molecule has 100 valence electrons. The highest BCUT2D eigenvalue weighted by Crippen LogP contribution is 2.48. The molecule has 0 spiro atoms. The number of hydrogen-bond acceptors (Lipinski definition) is 3. The number of fused-ring (bicyclic) bond motifs is 3. The number of halogens is 2. The maximum atomic E-state index is 14.3. The monoisotopic (exact) mass is 326 g/mol. The molecule has 2 heterocycles. The third-order valence-corrected chi connectivity index (χ3v) is 4.67. The minimum Gasteiger partial charge on any atom is -0.492 e. The Bertz CT molecular complexity index is 601. The second-order valence-corrected chi connectivity index (χ2v) is 6.03. The summed E-state index contributed by atoms with van der Waals surface area (Å²) in [5.41, 5.74) is 1.90. The van der Waals surface area contributed by atoms with Crippen LogP contribution in [0.2, 0.25) is 0 Å². The lowest BCUT2D eigenvalue weighted by Gasteiger charge is -2.29. The quantitative estimate of drug-likeness (QED) is 0.834. The summed E-state index contributed by atoms with van der Waals surface area (Å²) in [6, 6.07) is -0.238. The van der Waals surface area contributed by atoms with Gasteiger partial charge in [-0.2, -0.15) is 0 Å². The molecule has 6 heteroatoms. The fraction of sp³-hybridized carbons (Fsp3) is 0.462. The van der Waals surface area contributed by atoms with E-state index < -0.39 is 5.82 Å². The van der Waals surface area contributed by atoms with Crippen LogP contribution in [0.15, 0.2) is 4.47 Å². The Morgan fingerprint density at radius 2 is 2.11 bits per heavy atom. The Hall–Kier alpha value is -1.30. The minimum absolute atomic E-state index is 0.139. The summed E-state index contributed by atoms with van der Waals surface area (Å²) in [5, 5.41) is 5.93. The molecule has 1 aromatic carbocycles. The van der Waals surface area contributed by atoms with Crippen LogP contribution in [0.5, 0.6) is 5.75 Å². The predicted molar refractivity (Wildman–Crippen MR) is 72.1 cm³/mol. The number of carbonyl (C=O) groups excluding carboxylic acids is 1. The molecule has 3 aliphatic rings. The molecule has 4 rings (SSSR count). The van der Waals surface area contributed by atoms with Crippen molar-refractivity contribution in [1.29, 1.82) is 0 Å². The van der Waals surface area contributed by atoms with E-state index >= 15 is 0 Å². The first kappa shape index (κ1) is 11.5. The zero-order valence-electron chi connectivity index (χ0n) is 10.1. The summed E-state index contributed by atoms with van der Waals surface area (Å²) < 4.78 is 20.0. The van der Waals surface area contributed by atoms with Gasteiger partial charge in [0.2, 0.25) is 5.91 Å². The van der Waals surface area contributed by atoms with E-state index in [1.54, 1.807) is 0 Å². The molecule has 19 heavy (non-hydrogen) atoms. The van der Waals surface area contributed by atoms with Gasteiger partial charge in [-0.15, -0.1) is 0 Å². The van der Waals surface area contributed by atoms with Gasteiger partial charge in [0.15, 0.2) is 5.82 Å². The zero-order valence-corrected chi connectivity index (χ0v) is 11.6. The van der Waals surface area contributed by atoms with Gasteiger partial charge in [0.05, 0.1) is 16.8 Å². The largest absolute Gasteiger partial charge is 0.492 e. The Morgan fingerprint density at radius 3 is 2.84 bits per heavy atom. The lowest BCUT2D eigenvalue weighted by Crippen LogP contribution is -2.41. The summed E-state index contributed by atoms with van der Waals surface area (Å²) in [7, 11) is 0. The smallest absolute Gasteiger partial charge is 0.247 e. The van der Waals surface area contributed by atoms with Crippen LogP contribution in [-0.4, -0.2) is 18.6 Å². The van der Waals surface area contributed by atoms with E-state index in [0.717, 1.165) is 24.8 Å². The number of amides is 1. The molecule has 0 radical (unpaired) electrons. The number of nitrogens with one attached hydrogen (secondary N) is 2. The van der Waals surface area contributed by atoms with Crippen molar-refractivity contribution in [2.24, 2.45) is 5.92 Å². The second-order valence-electron chi connectivity index (χ2n) is 5.23. The van der Waals surface area contributed by atoms with Crippen molar-refractivity contribution >= 4 is 33.2 Å². The molecule has 1 saturated carbocycles. The summed E-state index contributed by atoms with van der Waals surface area (Å²) in [4.78, 5) is 12.0. The highest BCUT2D eigenvalue weighted by atomic mass is 79.9. The molecule has 1 fully saturated rings. The molecule has 1 aromatic rings. The molecule has 1 atom stereocenters. The fourth-order valence-corrected chi connectivity index (χ4v) is 3.37. The maximum absolute atomic E-state index is 14.3. The predicted octanol–water partition coefficient (Wildman–Crippen LogP) is 2.67. The molecule has 0 bridgehead atoms. The van der Waals surface area contributed by atoms with Gasteiger partial charge in [-0.05, 0) is 34.7 Å². The van der Waals surface area contributed by atoms with E-state index in [2.05, 4.69) is 26.6 Å². The van der Waals surface area contributed by atoms with Crippen molar-refractivity contribution < 1.29 is 13.9 Å². The summed E-state index contributed by atoms with van der Waals surface area (Å²) in [6.07, 6.45) is 2.84. The molecule has 1 aliphatic carbocycles. The van der Waals surface area contributed by atoms with Gasteiger partial charge in [0.25, 0.3) is 0 Å². The van der Waals surface area contributed by atoms with Crippen LogP contribution in [0, 0.1) is 11.7 Å². The van der Waals surface area contributed by atoms with Crippen LogP contribution >= 0.6 is 15.9 Å². The minimum atomic E-state index is -0.467. The van der Waals surface area contributed by atoms with E-state index in [4.69, 9.17) is 4.74 Å². The highest BCUT2D eigenvalue weighted by molar-refractivity contribution is 9.10. The van der Waals surface area contributed by atoms with E-state index in [0.29, 0.717) is 28.4 Å². The average molecular weight is 327 g/mol. The Kier molecular flexibility index (Phi) is 2.33. The molecule has 0 saturated heterocycles. The van der Waals surface area contributed by atoms with Crippen molar-refractivity contribution in [2.45, 2.75) is 25.3 Å². The first-order valence-electron chi connectivity index (χ1n) is 6.41. The van der Waals surface area contributed by atoms with E-state index in [9.17, 15) is 9.18 Å². The highest BCUT2D eigenvalue weighted by Gasteiger charge is 2.41. The third-order valence-electron chi connectivity index (χ3n) is 3.96. The van der Waals surface area contributed by atoms with Gasteiger partial charge in [-0.1, -0.05) is 0 Å². The van der Waals surface area contributed by atoms with Gasteiger partial charge in [0.1, 0.15) is 17.5 Å². The molecular weight excluding hydrogens is 315 g/mol. The topological polar surface area (TPSA) is 50.4 Å². The number of rotatable bonds is 1. The first-order chi connectivity index (χ1) is 9.16.